The molecular formula is C23H30N6O4. The smallest absolute Gasteiger partial charge is 0.408 e. The van der Waals surface area contributed by atoms with E-state index in [-0.39, 0.29) is 12.5 Å². The minimum atomic E-state index is -0.583. The average Bonchev–Trinajstić information content (AvgIpc) is 3.14. The number of carbonyl (C=O) groups is 2. The number of ether oxygens (including phenoxy) is 2. The van der Waals surface area contributed by atoms with Gasteiger partial charge in [0.2, 0.25) is 5.91 Å². The molecule has 2 aromatic heterocycles. The van der Waals surface area contributed by atoms with Crippen LogP contribution >= 0.6 is 0 Å². The van der Waals surface area contributed by atoms with Crippen LogP contribution in [0.1, 0.15) is 50.0 Å². The Labute approximate surface area is 192 Å². The predicted molar refractivity (Wildman–Crippen MR) is 123 cm³/mol. The largest absolute Gasteiger partial charge is 0.497 e. The van der Waals surface area contributed by atoms with Gasteiger partial charge in [-0.05, 0) is 70.9 Å². The van der Waals surface area contributed by atoms with Gasteiger partial charge in [0, 0.05) is 23.5 Å². The van der Waals surface area contributed by atoms with Crippen molar-refractivity contribution in [2.45, 2.75) is 59.6 Å². The first-order chi connectivity index (χ1) is 15.6. The first-order valence-electron chi connectivity index (χ1n) is 10.7. The maximum absolute atomic E-state index is 12.4. The summed E-state index contributed by atoms with van der Waals surface area (Å²) >= 11 is 0. The Balaban J connectivity index is 1.65. The van der Waals surface area contributed by atoms with Gasteiger partial charge in [-0.1, -0.05) is 0 Å². The van der Waals surface area contributed by atoms with Gasteiger partial charge in [-0.2, -0.15) is 4.98 Å². The van der Waals surface area contributed by atoms with Crippen molar-refractivity contribution >= 4 is 23.5 Å². The summed E-state index contributed by atoms with van der Waals surface area (Å²) in [6.45, 7) is 9.31. The third kappa shape index (κ3) is 6.41. The molecule has 0 unspecified atom stereocenters. The number of aryl methyl sites for hydroxylation is 2. The van der Waals surface area contributed by atoms with E-state index in [1.165, 1.54) is 0 Å². The second kappa shape index (κ2) is 9.85. The molecular weight excluding hydrogens is 424 g/mol. The van der Waals surface area contributed by atoms with Gasteiger partial charge in [-0.15, -0.1) is 5.10 Å². The summed E-state index contributed by atoms with van der Waals surface area (Å²) in [6, 6.07) is 7.18. The van der Waals surface area contributed by atoms with Gasteiger partial charge in [0.05, 0.1) is 13.7 Å². The first kappa shape index (κ1) is 24.0. The number of hydrogen-bond acceptors (Lipinski definition) is 7. The molecule has 3 aromatic rings. The molecule has 1 aromatic carbocycles. The van der Waals surface area contributed by atoms with Crippen molar-refractivity contribution in [3.8, 4) is 5.75 Å². The minimum absolute atomic E-state index is 0.0973. The number of amides is 2. The number of alkyl carbamates (subject to hydrolysis) is 1. The van der Waals surface area contributed by atoms with E-state index in [9.17, 15) is 9.59 Å². The van der Waals surface area contributed by atoms with Gasteiger partial charge in [-0.3, -0.25) is 4.79 Å². The van der Waals surface area contributed by atoms with Crippen LogP contribution in [-0.2, 0) is 22.5 Å². The maximum atomic E-state index is 12.4. The van der Waals surface area contributed by atoms with Crippen molar-refractivity contribution in [3.05, 3.63) is 47.0 Å². The van der Waals surface area contributed by atoms with E-state index in [0.29, 0.717) is 30.1 Å². The summed E-state index contributed by atoms with van der Waals surface area (Å²) in [5.41, 5.74) is 2.70. The summed E-state index contributed by atoms with van der Waals surface area (Å²) in [5, 5.41) is 9.99. The zero-order valence-corrected chi connectivity index (χ0v) is 19.9. The Hall–Kier alpha value is -3.69. The van der Waals surface area contributed by atoms with Gasteiger partial charge in [-0.25, -0.2) is 14.3 Å². The predicted octanol–water partition coefficient (Wildman–Crippen LogP) is 3.35. The molecule has 3 rings (SSSR count). The van der Waals surface area contributed by atoms with E-state index in [1.54, 1.807) is 56.7 Å². The van der Waals surface area contributed by atoms with Crippen molar-refractivity contribution in [2.75, 3.05) is 12.4 Å². The van der Waals surface area contributed by atoms with Gasteiger partial charge in [0.1, 0.15) is 11.4 Å². The van der Waals surface area contributed by atoms with Gasteiger partial charge >= 0.3 is 6.09 Å². The van der Waals surface area contributed by atoms with Crippen molar-refractivity contribution in [2.24, 2.45) is 0 Å². The Kier molecular flexibility index (Phi) is 7.15. The number of carbonyl (C=O) groups excluding carboxylic acids is 2. The lowest BCUT2D eigenvalue weighted by Gasteiger charge is -2.19. The van der Waals surface area contributed by atoms with E-state index in [0.717, 1.165) is 22.7 Å². The summed E-state index contributed by atoms with van der Waals surface area (Å²) in [7, 11) is 1.60. The van der Waals surface area contributed by atoms with Crippen molar-refractivity contribution in [1.29, 1.82) is 0 Å². The topological polar surface area (TPSA) is 120 Å². The van der Waals surface area contributed by atoms with Gasteiger partial charge in [0.25, 0.3) is 5.78 Å². The van der Waals surface area contributed by atoms with Crippen molar-refractivity contribution in [3.63, 3.8) is 0 Å². The molecule has 0 aliphatic heterocycles. The molecule has 2 heterocycles. The highest BCUT2D eigenvalue weighted by molar-refractivity contribution is 5.90. The van der Waals surface area contributed by atoms with E-state index in [4.69, 9.17) is 9.47 Å². The third-order valence-corrected chi connectivity index (χ3v) is 4.86. The fourth-order valence-electron chi connectivity index (χ4n) is 3.29. The molecule has 0 saturated carbocycles. The number of nitrogens with zero attached hydrogens (tertiary/aromatic N) is 4. The lowest BCUT2D eigenvalue weighted by atomic mass is 10.1. The van der Waals surface area contributed by atoms with Crippen molar-refractivity contribution < 1.29 is 19.1 Å². The van der Waals surface area contributed by atoms with Crippen LogP contribution < -0.4 is 15.4 Å². The van der Waals surface area contributed by atoms with E-state index < -0.39 is 11.7 Å². The molecule has 0 spiro atoms. The average molecular weight is 455 g/mol. The first-order valence-corrected chi connectivity index (χ1v) is 10.7. The van der Waals surface area contributed by atoms with Crippen LogP contribution in [0, 0.1) is 13.8 Å². The third-order valence-electron chi connectivity index (χ3n) is 4.86. The van der Waals surface area contributed by atoms with E-state index in [1.807, 2.05) is 13.8 Å². The molecule has 176 valence electrons. The van der Waals surface area contributed by atoms with Crippen LogP contribution in [0.15, 0.2) is 24.3 Å². The minimum Gasteiger partial charge on any atom is -0.497 e. The quantitative estimate of drug-likeness (QED) is 0.562. The molecule has 2 N–H and O–H groups in total. The highest BCUT2D eigenvalue weighted by atomic mass is 16.6. The Morgan fingerprint density at radius 2 is 1.79 bits per heavy atom. The molecule has 33 heavy (non-hydrogen) atoms. The normalized spacial score (nSPS) is 11.3. The fraction of sp³-hybridized carbons (Fsp3) is 0.435. The standard InChI is InChI=1S/C23H30N6O4/c1-14-18(11-12-20(30)26-16-7-9-17(32-6)10-8-16)15(2)29-21(25-14)27-19(28-29)13-24-22(31)33-23(3,4)5/h7-10H,11-13H2,1-6H3,(H,24,31)(H,26,30). The van der Waals surface area contributed by atoms with E-state index in [2.05, 4.69) is 25.7 Å². The van der Waals surface area contributed by atoms with Crippen LogP contribution in [-0.4, -0.2) is 44.3 Å². The number of rotatable bonds is 7. The number of benzene rings is 1. The molecule has 0 radical (unpaired) electrons. The Morgan fingerprint density at radius 3 is 2.42 bits per heavy atom. The van der Waals surface area contributed by atoms with Crippen LogP contribution in [0.3, 0.4) is 0 Å². The van der Waals surface area contributed by atoms with Crippen LogP contribution in [0.5, 0.6) is 5.75 Å². The highest BCUT2D eigenvalue weighted by Gasteiger charge is 2.18. The summed E-state index contributed by atoms with van der Waals surface area (Å²) in [4.78, 5) is 33.2. The number of hydrogen-bond donors (Lipinski definition) is 2. The molecule has 0 atom stereocenters. The van der Waals surface area contributed by atoms with Crippen LogP contribution in [0.25, 0.3) is 5.78 Å². The summed E-state index contributed by atoms with van der Waals surface area (Å²) in [5.74, 6) is 1.50. The van der Waals surface area contributed by atoms with Crippen molar-refractivity contribution in [1.82, 2.24) is 24.9 Å². The molecule has 0 fully saturated rings. The maximum Gasteiger partial charge on any atom is 0.408 e. The molecule has 10 nitrogen and oxygen atoms in total. The zero-order valence-electron chi connectivity index (χ0n) is 19.9. The lowest BCUT2D eigenvalue weighted by molar-refractivity contribution is -0.116. The Bertz CT molecular complexity index is 1150. The Morgan fingerprint density at radius 1 is 1.09 bits per heavy atom. The van der Waals surface area contributed by atoms with Crippen LogP contribution in [0.4, 0.5) is 10.5 Å². The summed E-state index contributed by atoms with van der Waals surface area (Å²) < 4.78 is 12.0. The highest BCUT2D eigenvalue weighted by Crippen LogP contribution is 2.18. The molecule has 2 amide bonds. The number of anilines is 1. The second-order valence-corrected chi connectivity index (χ2v) is 8.63. The molecule has 0 bridgehead atoms. The number of methoxy groups -OCH3 is 1. The fourth-order valence-corrected chi connectivity index (χ4v) is 3.29. The lowest BCUT2D eigenvalue weighted by Crippen LogP contribution is -2.32. The monoisotopic (exact) mass is 454 g/mol. The van der Waals surface area contributed by atoms with Gasteiger partial charge in [0.15, 0.2) is 5.82 Å². The molecule has 0 saturated heterocycles. The van der Waals surface area contributed by atoms with Crippen LogP contribution in [0.2, 0.25) is 0 Å². The number of fused-ring (bicyclic) bond motifs is 1. The summed E-state index contributed by atoms with van der Waals surface area (Å²) in [6.07, 6.45) is 0.266. The van der Waals surface area contributed by atoms with Gasteiger partial charge < -0.3 is 20.1 Å². The second-order valence-electron chi connectivity index (χ2n) is 8.63. The number of nitrogens with one attached hydrogen (secondary N) is 2. The van der Waals surface area contributed by atoms with E-state index >= 15 is 0 Å². The number of aromatic nitrogens is 4. The molecule has 0 aliphatic rings. The molecule has 0 aliphatic carbocycles. The zero-order chi connectivity index (χ0) is 24.2. The molecule has 10 heteroatoms. The SMILES string of the molecule is COc1ccc(NC(=O)CCc2c(C)nc3nc(CNC(=O)OC(C)(C)C)nn3c2C)cc1.